The molecule has 6 nitrogen and oxygen atoms in total. The van der Waals surface area contributed by atoms with E-state index in [1.54, 1.807) is 37.3 Å². The predicted molar refractivity (Wildman–Crippen MR) is 119 cm³/mol. The van der Waals surface area contributed by atoms with Gasteiger partial charge in [0.25, 0.3) is 15.9 Å². The Balaban J connectivity index is 2.01. The fourth-order valence-electron chi connectivity index (χ4n) is 3.28. The van der Waals surface area contributed by atoms with E-state index in [1.165, 1.54) is 35.7 Å². The van der Waals surface area contributed by atoms with Crippen molar-refractivity contribution in [2.24, 2.45) is 0 Å². The smallest absolute Gasteiger partial charge is 0.417 e. The van der Waals surface area contributed by atoms with Gasteiger partial charge < -0.3 is 10.1 Å². The molecule has 0 unspecified atom stereocenters. The molecule has 10 heteroatoms. The highest BCUT2D eigenvalue weighted by Crippen LogP contribution is 2.34. The average Bonchev–Trinajstić information content (AvgIpc) is 2.79. The number of para-hydroxylation sites is 1. The molecule has 174 valence electrons. The molecule has 0 spiro atoms. The van der Waals surface area contributed by atoms with Gasteiger partial charge in [0.1, 0.15) is 5.75 Å². The number of hydrogen-bond donors (Lipinski definition) is 1. The van der Waals surface area contributed by atoms with Crippen molar-refractivity contribution in [3.8, 4) is 5.75 Å². The summed E-state index contributed by atoms with van der Waals surface area (Å²) in [6.07, 6.45) is -4.74. The van der Waals surface area contributed by atoms with Gasteiger partial charge in [-0.2, -0.15) is 13.2 Å². The van der Waals surface area contributed by atoms with E-state index in [0.717, 1.165) is 18.2 Å². The molecule has 3 aromatic rings. The molecule has 0 saturated carbocycles. The lowest BCUT2D eigenvalue weighted by Crippen LogP contribution is -2.30. The number of carbonyl (C=O) groups is 1. The summed E-state index contributed by atoms with van der Waals surface area (Å²) in [7, 11) is -2.74. The van der Waals surface area contributed by atoms with Gasteiger partial charge in [0.05, 0.1) is 34.5 Å². The first-order chi connectivity index (χ1) is 15.6. The molecule has 0 aliphatic rings. The van der Waals surface area contributed by atoms with Crippen molar-refractivity contribution in [2.45, 2.75) is 18.0 Å². The summed E-state index contributed by atoms with van der Waals surface area (Å²) < 4.78 is 72.9. The summed E-state index contributed by atoms with van der Waals surface area (Å²) in [4.78, 5) is 12.5. The summed E-state index contributed by atoms with van der Waals surface area (Å²) in [5.74, 6) is -0.958. The molecule has 0 atom stereocenters. The van der Waals surface area contributed by atoms with Gasteiger partial charge in [-0.1, -0.05) is 30.3 Å². The molecule has 0 saturated heterocycles. The first-order valence-electron chi connectivity index (χ1n) is 9.83. The van der Waals surface area contributed by atoms with Crippen molar-refractivity contribution in [2.75, 3.05) is 23.3 Å². The highest BCUT2D eigenvalue weighted by Gasteiger charge is 2.35. The molecule has 1 N–H and O–H groups in total. The number of rotatable bonds is 7. The molecule has 1 amide bonds. The van der Waals surface area contributed by atoms with Crippen molar-refractivity contribution < 1.29 is 31.1 Å². The second-order valence-corrected chi connectivity index (χ2v) is 8.73. The SMILES string of the molecule is CCN(c1ccccc1)S(=O)(=O)c1ccc(OC)c(NC(=O)c2ccccc2C(F)(F)F)c1. The van der Waals surface area contributed by atoms with Crippen molar-refractivity contribution in [1.82, 2.24) is 0 Å². The second-order valence-electron chi connectivity index (χ2n) is 6.86. The van der Waals surface area contributed by atoms with E-state index in [0.29, 0.717) is 5.69 Å². The maximum absolute atomic E-state index is 13.3. The van der Waals surface area contributed by atoms with Gasteiger partial charge in [0.2, 0.25) is 0 Å². The van der Waals surface area contributed by atoms with Gasteiger partial charge in [-0.25, -0.2) is 8.42 Å². The normalized spacial score (nSPS) is 11.7. The van der Waals surface area contributed by atoms with Crippen LogP contribution in [0, 0.1) is 0 Å². The van der Waals surface area contributed by atoms with Gasteiger partial charge in [0, 0.05) is 6.54 Å². The Morgan fingerprint density at radius 2 is 1.64 bits per heavy atom. The number of benzene rings is 3. The molecule has 0 aliphatic heterocycles. The van der Waals surface area contributed by atoms with Crippen LogP contribution in [0.25, 0.3) is 0 Å². The first-order valence-corrected chi connectivity index (χ1v) is 11.3. The lowest BCUT2D eigenvalue weighted by Gasteiger charge is -2.23. The summed E-state index contributed by atoms with van der Waals surface area (Å²) in [5.41, 5.74) is -1.34. The molecular formula is C23H21F3N2O4S. The topological polar surface area (TPSA) is 75.7 Å². The van der Waals surface area contributed by atoms with Crippen LogP contribution in [0.2, 0.25) is 0 Å². The van der Waals surface area contributed by atoms with E-state index in [4.69, 9.17) is 4.74 Å². The molecule has 3 rings (SSSR count). The van der Waals surface area contributed by atoms with E-state index in [-0.39, 0.29) is 22.9 Å². The van der Waals surface area contributed by atoms with E-state index in [9.17, 15) is 26.4 Å². The quantitative estimate of drug-likeness (QED) is 0.508. The van der Waals surface area contributed by atoms with Gasteiger partial charge in [0.15, 0.2) is 0 Å². The third kappa shape index (κ3) is 5.11. The fourth-order valence-corrected chi connectivity index (χ4v) is 4.78. The number of hydrogen-bond acceptors (Lipinski definition) is 4. The van der Waals surface area contributed by atoms with Crippen LogP contribution in [0.4, 0.5) is 24.5 Å². The van der Waals surface area contributed by atoms with Crippen LogP contribution in [0.3, 0.4) is 0 Å². The van der Waals surface area contributed by atoms with Crippen LogP contribution in [-0.2, 0) is 16.2 Å². The minimum absolute atomic E-state index is 0.0790. The Bertz CT molecular complexity index is 1250. The van der Waals surface area contributed by atoms with Crippen LogP contribution in [0.15, 0.2) is 77.7 Å². The zero-order valence-electron chi connectivity index (χ0n) is 17.8. The highest BCUT2D eigenvalue weighted by atomic mass is 32.2. The average molecular weight is 478 g/mol. The fraction of sp³-hybridized carbons (Fsp3) is 0.174. The summed E-state index contributed by atoms with van der Waals surface area (Å²) in [5, 5.41) is 2.35. The number of halogens is 3. The number of methoxy groups -OCH3 is 1. The third-order valence-electron chi connectivity index (χ3n) is 4.82. The molecule has 0 radical (unpaired) electrons. The Labute approximate surface area is 189 Å². The van der Waals surface area contributed by atoms with E-state index >= 15 is 0 Å². The molecule has 0 fully saturated rings. The maximum Gasteiger partial charge on any atom is 0.417 e. The van der Waals surface area contributed by atoms with Crippen LogP contribution in [-0.4, -0.2) is 28.0 Å². The number of alkyl halides is 3. The first kappa shape index (κ1) is 24.1. The van der Waals surface area contributed by atoms with Gasteiger partial charge >= 0.3 is 6.18 Å². The Morgan fingerprint density at radius 3 is 2.24 bits per heavy atom. The minimum atomic E-state index is -4.74. The largest absolute Gasteiger partial charge is 0.495 e. The van der Waals surface area contributed by atoms with Crippen LogP contribution in [0.5, 0.6) is 5.75 Å². The predicted octanol–water partition coefficient (Wildman–Crippen LogP) is 5.18. The third-order valence-corrected chi connectivity index (χ3v) is 6.71. The number of carbonyl (C=O) groups excluding carboxylic acids is 1. The lowest BCUT2D eigenvalue weighted by atomic mass is 10.1. The van der Waals surface area contributed by atoms with Crippen LogP contribution < -0.4 is 14.4 Å². The number of ether oxygens (including phenoxy) is 1. The van der Waals surface area contributed by atoms with Gasteiger partial charge in [-0.05, 0) is 49.4 Å². The zero-order valence-corrected chi connectivity index (χ0v) is 18.6. The van der Waals surface area contributed by atoms with Crippen molar-refractivity contribution in [3.05, 3.63) is 83.9 Å². The number of nitrogens with zero attached hydrogens (tertiary/aromatic N) is 1. The van der Waals surface area contributed by atoms with Crippen LogP contribution >= 0.6 is 0 Å². The number of nitrogens with one attached hydrogen (secondary N) is 1. The Hall–Kier alpha value is -3.53. The van der Waals surface area contributed by atoms with Crippen LogP contribution in [0.1, 0.15) is 22.8 Å². The Kier molecular flexibility index (Phi) is 6.97. The molecule has 0 heterocycles. The van der Waals surface area contributed by atoms with E-state index in [1.807, 2.05) is 0 Å². The molecular weight excluding hydrogens is 457 g/mol. The van der Waals surface area contributed by atoms with Gasteiger partial charge in [-0.3, -0.25) is 9.10 Å². The second kappa shape index (κ2) is 9.53. The Morgan fingerprint density at radius 1 is 1.00 bits per heavy atom. The number of anilines is 2. The summed E-state index contributed by atoms with van der Waals surface area (Å²) in [6.45, 7) is 1.81. The zero-order chi connectivity index (χ0) is 24.2. The minimum Gasteiger partial charge on any atom is -0.495 e. The van der Waals surface area contributed by atoms with Gasteiger partial charge in [-0.15, -0.1) is 0 Å². The molecule has 0 aromatic heterocycles. The van der Waals surface area contributed by atoms with Crippen molar-refractivity contribution >= 4 is 27.3 Å². The maximum atomic E-state index is 13.3. The molecule has 33 heavy (non-hydrogen) atoms. The number of sulfonamides is 1. The standard InChI is InChI=1S/C23H21F3N2O4S/c1-3-28(16-9-5-4-6-10-16)33(30,31)17-13-14-21(32-2)20(15-17)27-22(29)18-11-7-8-12-19(18)23(24,25)26/h4-15H,3H2,1-2H3,(H,27,29). The molecule has 0 aliphatic carbocycles. The van der Waals surface area contributed by atoms with E-state index < -0.39 is 33.2 Å². The molecule has 0 bridgehead atoms. The highest BCUT2D eigenvalue weighted by molar-refractivity contribution is 7.92. The number of amides is 1. The lowest BCUT2D eigenvalue weighted by molar-refractivity contribution is -0.137. The van der Waals surface area contributed by atoms with Crippen molar-refractivity contribution in [3.63, 3.8) is 0 Å². The monoisotopic (exact) mass is 478 g/mol. The molecule has 3 aromatic carbocycles. The summed E-state index contributed by atoms with van der Waals surface area (Å²) >= 11 is 0. The van der Waals surface area contributed by atoms with Crippen molar-refractivity contribution in [1.29, 1.82) is 0 Å². The summed E-state index contributed by atoms with van der Waals surface area (Å²) in [6, 6.07) is 16.6. The van der Waals surface area contributed by atoms with E-state index in [2.05, 4.69) is 5.32 Å².